The van der Waals surface area contributed by atoms with Crippen molar-refractivity contribution in [2.24, 2.45) is 0 Å². The second-order valence-corrected chi connectivity index (χ2v) is 13.0. The number of carbonyl (C=O) groups is 2. The van der Waals surface area contributed by atoms with Crippen molar-refractivity contribution in [1.29, 1.82) is 0 Å². The number of rotatable bonds is 10. The summed E-state index contributed by atoms with van der Waals surface area (Å²) in [6, 6.07) is 18.3. The van der Waals surface area contributed by atoms with Crippen LogP contribution in [0.2, 0.25) is 0 Å². The zero-order chi connectivity index (χ0) is 31.4. The summed E-state index contributed by atoms with van der Waals surface area (Å²) in [4.78, 5) is 40.3. The third kappa shape index (κ3) is 6.84. The molecule has 0 radical (unpaired) electrons. The number of hydrogen-bond donors (Lipinski definition) is 2. The molecule has 0 aromatic heterocycles. The minimum absolute atomic E-state index is 0.0483. The lowest BCUT2D eigenvalue weighted by molar-refractivity contribution is -0.384. The van der Waals surface area contributed by atoms with Gasteiger partial charge in [-0.2, -0.15) is 4.31 Å². The Morgan fingerprint density at radius 1 is 0.909 bits per heavy atom. The molecule has 0 saturated carbocycles. The summed E-state index contributed by atoms with van der Waals surface area (Å²) in [6.45, 7) is 5.01. The Bertz CT molecular complexity index is 1600. The summed E-state index contributed by atoms with van der Waals surface area (Å²) in [7, 11) is -3.91. The smallest absolute Gasteiger partial charge is 0.326 e. The lowest BCUT2D eigenvalue weighted by atomic mass is 10.0. The predicted octanol–water partition coefficient (Wildman–Crippen LogP) is 3.20. The number of carboxylic acids is 1. The monoisotopic (exact) mass is 621 g/mol. The molecular formula is C31H35N5O7S. The maximum Gasteiger partial charge on any atom is 0.326 e. The number of nitro groups is 1. The summed E-state index contributed by atoms with van der Waals surface area (Å²) < 4.78 is 27.7. The Hall–Kier alpha value is -4.49. The van der Waals surface area contributed by atoms with E-state index in [1.165, 1.54) is 28.6 Å². The number of hydrogen-bond acceptors (Lipinski definition) is 8. The van der Waals surface area contributed by atoms with Gasteiger partial charge >= 0.3 is 5.97 Å². The molecule has 3 aromatic rings. The highest BCUT2D eigenvalue weighted by molar-refractivity contribution is 7.89. The van der Waals surface area contributed by atoms with Crippen LogP contribution < -0.4 is 15.1 Å². The van der Waals surface area contributed by atoms with Crippen LogP contribution in [0.25, 0.3) is 0 Å². The summed E-state index contributed by atoms with van der Waals surface area (Å²) >= 11 is 0. The largest absolute Gasteiger partial charge is 0.480 e. The van der Waals surface area contributed by atoms with Crippen LogP contribution in [-0.2, 0) is 26.0 Å². The van der Waals surface area contributed by atoms with Crippen LogP contribution in [0.15, 0.2) is 77.7 Å². The van der Waals surface area contributed by atoms with E-state index >= 15 is 0 Å². The van der Waals surface area contributed by atoms with Gasteiger partial charge in [0.15, 0.2) is 0 Å². The second-order valence-electron chi connectivity index (χ2n) is 11.1. The van der Waals surface area contributed by atoms with Crippen LogP contribution in [0.5, 0.6) is 0 Å². The Kier molecular flexibility index (Phi) is 9.16. The van der Waals surface area contributed by atoms with E-state index < -0.39 is 38.9 Å². The van der Waals surface area contributed by atoms with E-state index in [9.17, 15) is 33.2 Å². The molecular weight excluding hydrogens is 586 g/mol. The van der Waals surface area contributed by atoms with E-state index in [0.717, 1.165) is 48.7 Å². The lowest BCUT2D eigenvalue weighted by Crippen LogP contribution is -2.51. The SMILES string of the molecule is Cc1ccc(S(=O)(=O)N2CCC[C@H]2C(=O)N[C@@H](Cc2ccc(N3CCN(c4ccc([N+](=O)[O-])cc4)CC3)cc2)C(=O)O)cc1. The fourth-order valence-electron chi connectivity index (χ4n) is 5.69. The van der Waals surface area contributed by atoms with Crippen LogP contribution in [-0.4, -0.2) is 79.4 Å². The Balaban J connectivity index is 1.18. The number of anilines is 2. The van der Waals surface area contributed by atoms with E-state index in [2.05, 4.69) is 15.1 Å². The van der Waals surface area contributed by atoms with Crippen molar-refractivity contribution in [3.8, 4) is 0 Å². The van der Waals surface area contributed by atoms with Gasteiger partial charge in [0.1, 0.15) is 12.1 Å². The number of aryl methyl sites for hydroxylation is 1. The van der Waals surface area contributed by atoms with Crippen LogP contribution in [0, 0.1) is 17.0 Å². The summed E-state index contributed by atoms with van der Waals surface area (Å²) in [5.41, 5.74) is 3.61. The first-order chi connectivity index (χ1) is 21.0. The molecule has 1 amide bonds. The van der Waals surface area contributed by atoms with Crippen molar-refractivity contribution in [3.63, 3.8) is 0 Å². The zero-order valence-corrected chi connectivity index (χ0v) is 25.2. The number of nitrogens with one attached hydrogen (secondary N) is 1. The predicted molar refractivity (Wildman–Crippen MR) is 165 cm³/mol. The molecule has 3 aromatic carbocycles. The first-order valence-corrected chi connectivity index (χ1v) is 15.9. The molecule has 13 heteroatoms. The lowest BCUT2D eigenvalue weighted by Gasteiger charge is -2.37. The van der Waals surface area contributed by atoms with Crippen molar-refractivity contribution in [3.05, 3.63) is 94.0 Å². The summed E-state index contributed by atoms with van der Waals surface area (Å²) in [5, 5.41) is 23.4. The van der Waals surface area contributed by atoms with E-state index in [4.69, 9.17) is 0 Å². The fourth-order valence-corrected chi connectivity index (χ4v) is 7.35. The molecule has 0 bridgehead atoms. The van der Waals surface area contributed by atoms with Gasteiger partial charge in [0, 0.05) is 62.7 Å². The van der Waals surface area contributed by atoms with Gasteiger partial charge in [0.05, 0.1) is 9.82 Å². The van der Waals surface area contributed by atoms with Gasteiger partial charge in [-0.1, -0.05) is 29.8 Å². The molecule has 5 rings (SSSR count). The van der Waals surface area contributed by atoms with Gasteiger partial charge in [-0.05, 0) is 61.7 Å². The highest BCUT2D eigenvalue weighted by Gasteiger charge is 2.40. The van der Waals surface area contributed by atoms with Gasteiger partial charge in [0.25, 0.3) is 5.69 Å². The van der Waals surface area contributed by atoms with Crippen LogP contribution in [0.1, 0.15) is 24.0 Å². The average Bonchev–Trinajstić information content (AvgIpc) is 3.53. The van der Waals surface area contributed by atoms with E-state index in [0.29, 0.717) is 12.8 Å². The second kappa shape index (κ2) is 13.0. The molecule has 0 aliphatic carbocycles. The van der Waals surface area contributed by atoms with Crippen molar-refractivity contribution in [2.75, 3.05) is 42.5 Å². The Morgan fingerprint density at radius 3 is 1.98 bits per heavy atom. The van der Waals surface area contributed by atoms with Crippen molar-refractivity contribution >= 4 is 39.0 Å². The van der Waals surface area contributed by atoms with E-state index in [1.807, 2.05) is 31.2 Å². The third-order valence-electron chi connectivity index (χ3n) is 8.20. The number of piperazine rings is 1. The van der Waals surface area contributed by atoms with Gasteiger partial charge in [-0.15, -0.1) is 0 Å². The van der Waals surface area contributed by atoms with E-state index in [-0.39, 0.29) is 23.5 Å². The van der Waals surface area contributed by atoms with Crippen molar-refractivity contribution < 1.29 is 28.0 Å². The minimum Gasteiger partial charge on any atom is -0.480 e. The molecule has 44 heavy (non-hydrogen) atoms. The molecule has 2 fully saturated rings. The fraction of sp³-hybridized carbons (Fsp3) is 0.355. The Labute approximate surface area is 256 Å². The first kappa shape index (κ1) is 31.0. The van der Waals surface area contributed by atoms with Gasteiger partial charge in [0.2, 0.25) is 15.9 Å². The average molecular weight is 622 g/mol. The number of sulfonamides is 1. The number of carboxylic acid groups (broad SMARTS) is 1. The highest BCUT2D eigenvalue weighted by Crippen LogP contribution is 2.27. The molecule has 2 aliphatic heterocycles. The molecule has 2 heterocycles. The summed E-state index contributed by atoms with van der Waals surface area (Å²) in [6.07, 6.45) is 0.868. The van der Waals surface area contributed by atoms with Crippen LogP contribution >= 0.6 is 0 Å². The zero-order valence-electron chi connectivity index (χ0n) is 24.3. The van der Waals surface area contributed by atoms with Gasteiger partial charge < -0.3 is 20.2 Å². The molecule has 2 saturated heterocycles. The quantitative estimate of drug-likeness (QED) is 0.257. The molecule has 12 nitrogen and oxygen atoms in total. The highest BCUT2D eigenvalue weighted by atomic mass is 32.2. The maximum atomic E-state index is 13.3. The third-order valence-corrected chi connectivity index (χ3v) is 10.1. The standard InChI is InChI=1S/C31H35N5O7S/c1-22-4-14-27(15-5-22)44(42,43)35-16-2-3-29(35)30(37)32-28(31(38)39)21-23-6-8-24(9-7-23)33-17-19-34(20-18-33)25-10-12-26(13-11-25)36(40)41/h4-15,28-29H,2-3,16-21H2,1H3,(H,32,37)(H,38,39)/t28-,29-/m0/s1. The van der Waals surface area contributed by atoms with Crippen LogP contribution in [0.3, 0.4) is 0 Å². The molecule has 0 spiro atoms. The molecule has 232 valence electrons. The number of nitrogens with zero attached hydrogens (tertiary/aromatic N) is 4. The number of amides is 1. The summed E-state index contributed by atoms with van der Waals surface area (Å²) in [5.74, 6) is -1.82. The maximum absolute atomic E-state index is 13.3. The topological polar surface area (TPSA) is 153 Å². The number of non-ortho nitro benzene ring substituents is 1. The van der Waals surface area contributed by atoms with Crippen molar-refractivity contribution in [2.45, 2.75) is 43.2 Å². The molecule has 2 N–H and O–H groups in total. The minimum atomic E-state index is -3.91. The Morgan fingerprint density at radius 2 is 1.45 bits per heavy atom. The first-order valence-electron chi connectivity index (χ1n) is 14.5. The molecule has 0 unspecified atom stereocenters. The number of benzene rings is 3. The van der Waals surface area contributed by atoms with Crippen LogP contribution in [0.4, 0.5) is 17.1 Å². The molecule has 2 aliphatic rings. The van der Waals surface area contributed by atoms with Gasteiger partial charge in [-0.25, -0.2) is 13.2 Å². The number of nitro benzene ring substituents is 1. The van der Waals surface area contributed by atoms with E-state index in [1.54, 1.807) is 24.3 Å². The number of aliphatic carboxylic acids is 1. The van der Waals surface area contributed by atoms with Crippen molar-refractivity contribution in [1.82, 2.24) is 9.62 Å². The van der Waals surface area contributed by atoms with Gasteiger partial charge in [-0.3, -0.25) is 14.9 Å². The molecule has 2 atom stereocenters. The number of carbonyl (C=O) groups excluding carboxylic acids is 1. The normalized spacial score (nSPS) is 18.2.